The second-order valence-corrected chi connectivity index (χ2v) is 4.85. The quantitative estimate of drug-likeness (QED) is 0.540. The van der Waals surface area contributed by atoms with Crippen LogP contribution >= 0.6 is 0 Å². The molecule has 0 fully saturated rings. The molecular weight excluding hydrogens is 199 g/mol. The van der Waals surface area contributed by atoms with Crippen molar-refractivity contribution < 1.29 is 13.0 Å². The summed E-state index contributed by atoms with van der Waals surface area (Å²) in [6.45, 7) is 2.79. The van der Waals surface area contributed by atoms with Gasteiger partial charge >= 0.3 is 61.1 Å². The Morgan fingerprint density at radius 3 is 1.85 bits per heavy atom. The van der Waals surface area contributed by atoms with Gasteiger partial charge in [-0.2, -0.15) is 8.42 Å². The van der Waals surface area contributed by atoms with E-state index in [2.05, 4.69) is 30.8 Å². The Balaban J connectivity index is 0.000000226. The molecule has 1 rings (SSSR count). The van der Waals surface area contributed by atoms with Crippen LogP contribution in [0.15, 0.2) is 42.3 Å². The third-order valence-corrected chi connectivity index (χ3v) is 2.24. The molecule has 0 aliphatic rings. The summed E-state index contributed by atoms with van der Waals surface area (Å²) >= 11 is 1.17. The molecule has 13 heavy (non-hydrogen) atoms. The molecule has 0 unspecified atom stereocenters. The fraction of sp³-hybridized carbons (Fsp3) is 0. The molecule has 66 valence electrons. The van der Waals surface area contributed by atoms with Crippen molar-refractivity contribution in [1.82, 2.24) is 0 Å². The Kier molecular flexibility index (Phi) is 6.28. The number of benzene rings is 1. The molecule has 0 bridgehead atoms. The van der Waals surface area contributed by atoms with Crippen LogP contribution in [0.2, 0.25) is 0 Å². The third kappa shape index (κ3) is 9.79. The van der Waals surface area contributed by atoms with E-state index in [9.17, 15) is 8.42 Å². The topological polar surface area (TPSA) is 54.4 Å². The van der Waals surface area contributed by atoms with Crippen molar-refractivity contribution in [3.8, 4) is 0 Å². The predicted molar refractivity (Wildman–Crippen MR) is 53.6 cm³/mol. The fourth-order valence-electron chi connectivity index (χ4n) is 0.534. The van der Waals surface area contributed by atoms with E-state index in [1.807, 2.05) is 6.07 Å². The molecule has 1 aromatic carbocycles. The number of hydrogen-bond acceptors (Lipinski definition) is 2. The van der Waals surface area contributed by atoms with Crippen LogP contribution in [0.1, 0.15) is 0 Å². The summed E-state index contributed by atoms with van der Waals surface area (Å²) in [5, 5.41) is 0.465. The number of hydrogen-bond donors (Lipinski definition) is 1. The van der Waals surface area contributed by atoms with Crippen molar-refractivity contribution in [2.75, 3.05) is 0 Å². The standard InChI is InChI=1S/C6H5.C2H4O3S.Na/c1-2-4-6-5-3-1;1-2-6(3,4)5;/h1-5H;2H,1H2,(H,3,4,5);. The molecule has 0 amide bonds. The van der Waals surface area contributed by atoms with Crippen molar-refractivity contribution in [1.29, 1.82) is 0 Å². The Bertz CT molecular complexity index is 333. The molecular formula is C8H9NaO3S. The van der Waals surface area contributed by atoms with Crippen LogP contribution in [0, 0.1) is 0 Å². The third-order valence-electron chi connectivity index (χ3n) is 1.15. The van der Waals surface area contributed by atoms with Crippen LogP contribution in [0.25, 0.3) is 0 Å². The fourth-order valence-corrected chi connectivity index (χ4v) is 0.919. The van der Waals surface area contributed by atoms with Gasteiger partial charge in [0.25, 0.3) is 10.1 Å². The molecule has 0 atom stereocenters. The van der Waals surface area contributed by atoms with E-state index < -0.39 is 10.1 Å². The Morgan fingerprint density at radius 1 is 1.31 bits per heavy atom. The first-order chi connectivity index (χ1) is 5.95. The van der Waals surface area contributed by atoms with Crippen molar-refractivity contribution in [3.63, 3.8) is 0 Å². The van der Waals surface area contributed by atoms with E-state index in [1.54, 1.807) is 0 Å². The monoisotopic (exact) mass is 208 g/mol. The van der Waals surface area contributed by atoms with Crippen molar-refractivity contribution in [2.24, 2.45) is 0 Å². The van der Waals surface area contributed by atoms with Crippen LogP contribution in [0.3, 0.4) is 0 Å². The maximum absolute atomic E-state index is 9.44. The van der Waals surface area contributed by atoms with Crippen LogP contribution in [0.4, 0.5) is 0 Å². The van der Waals surface area contributed by atoms with Gasteiger partial charge in [-0.05, 0) is 0 Å². The van der Waals surface area contributed by atoms with Gasteiger partial charge in [0.05, 0.1) is 5.41 Å². The molecule has 0 aromatic heterocycles. The van der Waals surface area contributed by atoms with Crippen molar-refractivity contribution >= 4 is 40.9 Å². The van der Waals surface area contributed by atoms with Crippen LogP contribution in [0.5, 0.6) is 0 Å². The molecule has 3 nitrogen and oxygen atoms in total. The molecule has 0 radical (unpaired) electrons. The second kappa shape index (κ2) is 6.34. The summed E-state index contributed by atoms with van der Waals surface area (Å²) in [4.78, 5) is 0. The van der Waals surface area contributed by atoms with Crippen molar-refractivity contribution in [3.05, 3.63) is 42.3 Å². The molecule has 0 saturated carbocycles. The molecule has 0 aliphatic carbocycles. The molecule has 1 aromatic rings. The number of rotatable bonds is 1. The van der Waals surface area contributed by atoms with Gasteiger partial charge in [-0.1, -0.05) is 6.58 Å². The summed E-state index contributed by atoms with van der Waals surface area (Å²) in [5.74, 6) is 0. The first-order valence-electron chi connectivity index (χ1n) is 3.57. The molecule has 0 spiro atoms. The molecule has 0 saturated heterocycles. The molecule has 5 heteroatoms. The van der Waals surface area contributed by atoms with Crippen molar-refractivity contribution in [2.45, 2.75) is 0 Å². The van der Waals surface area contributed by atoms with Crippen LogP contribution in [-0.4, -0.2) is 40.9 Å². The Hall–Kier alpha value is -0.130. The summed E-state index contributed by atoms with van der Waals surface area (Å²) in [7, 11) is -3.90. The van der Waals surface area contributed by atoms with E-state index in [0.29, 0.717) is 5.41 Å². The van der Waals surface area contributed by atoms with E-state index >= 15 is 0 Å². The average molecular weight is 208 g/mol. The van der Waals surface area contributed by atoms with Gasteiger partial charge in [0.1, 0.15) is 0 Å². The van der Waals surface area contributed by atoms with Gasteiger partial charge in [0.2, 0.25) is 0 Å². The van der Waals surface area contributed by atoms with Gasteiger partial charge in [-0.25, -0.2) is 0 Å². The van der Waals surface area contributed by atoms with Crippen LogP contribution in [-0.2, 0) is 10.1 Å². The van der Waals surface area contributed by atoms with Crippen LogP contribution < -0.4 is 2.81 Å². The first-order valence-corrected chi connectivity index (χ1v) is 6.07. The first kappa shape index (κ1) is 12.9. The summed E-state index contributed by atoms with van der Waals surface area (Å²) < 4.78 is 28.0. The van der Waals surface area contributed by atoms with Gasteiger partial charge in [-0.3, -0.25) is 4.55 Å². The Labute approximate surface area is 95.6 Å². The van der Waals surface area contributed by atoms with Gasteiger partial charge < -0.3 is 0 Å². The zero-order valence-corrected chi connectivity index (χ0v) is 10.2. The van der Waals surface area contributed by atoms with Gasteiger partial charge in [0, 0.05) is 0 Å². The molecule has 0 aliphatic heterocycles. The Morgan fingerprint density at radius 2 is 1.69 bits per heavy atom. The summed E-state index contributed by atoms with van der Waals surface area (Å²) in [6.07, 6.45) is 0. The van der Waals surface area contributed by atoms with E-state index in [1.165, 1.54) is 30.7 Å². The van der Waals surface area contributed by atoms with Gasteiger partial charge in [0.15, 0.2) is 0 Å². The van der Waals surface area contributed by atoms with Gasteiger partial charge in [-0.15, -0.1) is 0 Å². The summed E-state index contributed by atoms with van der Waals surface area (Å²) in [5.41, 5.74) is 0. The predicted octanol–water partition coefficient (Wildman–Crippen LogP) is 0.498. The molecule has 1 N–H and O–H groups in total. The average Bonchev–Trinajstić information content (AvgIpc) is 2.06. The summed E-state index contributed by atoms with van der Waals surface area (Å²) in [6, 6.07) is 10.5. The zero-order chi connectivity index (χ0) is 10.3. The maximum atomic E-state index is 9.44. The van der Waals surface area contributed by atoms with E-state index in [0.717, 1.165) is 0 Å². The minimum atomic E-state index is -3.90. The zero-order valence-electron chi connectivity index (χ0n) is 7.34. The molecule has 0 heterocycles. The van der Waals surface area contributed by atoms with E-state index in [4.69, 9.17) is 4.55 Å². The SMILES string of the molecule is C=CS(=O)(=O)O.[Na][c]1ccccc1. The second-order valence-electron chi connectivity index (χ2n) is 2.34. The normalized spacial score (nSPS) is 9.77. The van der Waals surface area contributed by atoms with E-state index in [-0.39, 0.29) is 0 Å². The minimum absolute atomic E-state index is 0.465.